The highest BCUT2D eigenvalue weighted by Crippen LogP contribution is 2.42. The number of aliphatic hydroxyl groups excluding tert-OH is 1. The van der Waals surface area contributed by atoms with Crippen LogP contribution in [0.2, 0.25) is 0 Å². The van der Waals surface area contributed by atoms with Crippen molar-refractivity contribution in [3.8, 4) is 33.6 Å². The summed E-state index contributed by atoms with van der Waals surface area (Å²) in [6, 6.07) is 12.1. The maximum absolute atomic E-state index is 13.9. The maximum atomic E-state index is 13.9. The molecule has 1 fully saturated rings. The van der Waals surface area contributed by atoms with Gasteiger partial charge >= 0.3 is 0 Å². The van der Waals surface area contributed by atoms with Gasteiger partial charge in [-0.3, -0.25) is 9.82 Å². The van der Waals surface area contributed by atoms with Crippen LogP contribution in [0.25, 0.3) is 44.5 Å². The maximum Gasteiger partial charge on any atom is 0.177 e. The molecule has 1 aliphatic carbocycles. The highest BCUT2D eigenvalue weighted by Gasteiger charge is 2.23. The topological polar surface area (TPSA) is 142 Å². The Balaban J connectivity index is 1.45. The largest absolute Gasteiger partial charge is 0.452 e. The first-order valence-electron chi connectivity index (χ1n) is 12.4. The smallest absolute Gasteiger partial charge is 0.177 e. The predicted molar refractivity (Wildman–Crippen MR) is 148 cm³/mol. The molecule has 0 radical (unpaired) electrons. The van der Waals surface area contributed by atoms with Gasteiger partial charge in [-0.1, -0.05) is 12.1 Å². The summed E-state index contributed by atoms with van der Waals surface area (Å²) in [5.74, 6) is 0.449. The zero-order valence-electron chi connectivity index (χ0n) is 20.5. The molecule has 0 unspecified atom stereocenters. The second-order valence-corrected chi connectivity index (χ2v) is 10.3. The van der Waals surface area contributed by atoms with E-state index in [9.17, 15) is 9.50 Å². The summed E-state index contributed by atoms with van der Waals surface area (Å²) < 4.78 is 22.2. The van der Waals surface area contributed by atoms with Crippen LogP contribution in [0.4, 0.5) is 15.9 Å². The first-order valence-corrected chi connectivity index (χ1v) is 13.3. The van der Waals surface area contributed by atoms with Crippen LogP contribution >= 0.6 is 11.9 Å². The molecule has 0 bridgehead atoms. The summed E-state index contributed by atoms with van der Waals surface area (Å²) in [4.78, 5) is 5.02. The lowest BCUT2D eigenvalue weighted by Crippen LogP contribution is -2.21. The summed E-state index contributed by atoms with van der Waals surface area (Å²) in [6.07, 6.45) is 8.64. The molecule has 5 aromatic rings. The van der Waals surface area contributed by atoms with Crippen LogP contribution in [-0.4, -0.2) is 26.0 Å². The van der Waals surface area contributed by atoms with Crippen LogP contribution in [0, 0.1) is 5.82 Å². The number of nitrogen functional groups attached to an aromatic ring is 2. The van der Waals surface area contributed by atoms with E-state index in [1.54, 1.807) is 18.3 Å². The van der Waals surface area contributed by atoms with E-state index in [-0.39, 0.29) is 23.8 Å². The van der Waals surface area contributed by atoms with Gasteiger partial charge in [0.1, 0.15) is 11.6 Å². The van der Waals surface area contributed by atoms with E-state index in [0.717, 1.165) is 59.7 Å². The van der Waals surface area contributed by atoms with Crippen LogP contribution in [0.1, 0.15) is 31.7 Å². The molecule has 10 heteroatoms. The molecule has 0 atom stereocenters. The molecular formula is C28H27FN6O2S. The number of nitrogens with two attached hydrogens (primary N) is 3. The number of hydrogen-bond donors (Lipinski definition) is 4. The summed E-state index contributed by atoms with van der Waals surface area (Å²) in [7, 11) is 0. The Morgan fingerprint density at radius 2 is 1.79 bits per heavy atom. The minimum Gasteiger partial charge on any atom is -0.452 e. The zero-order chi connectivity index (χ0) is 26.4. The molecule has 0 aliphatic heterocycles. The van der Waals surface area contributed by atoms with Crippen molar-refractivity contribution >= 4 is 34.4 Å². The van der Waals surface area contributed by atoms with Gasteiger partial charge < -0.3 is 21.0 Å². The van der Waals surface area contributed by atoms with Gasteiger partial charge in [-0.15, -0.1) is 0 Å². The Bertz CT molecular complexity index is 1640. The Morgan fingerprint density at radius 3 is 2.55 bits per heavy atom. The van der Waals surface area contributed by atoms with Crippen molar-refractivity contribution in [2.24, 2.45) is 5.14 Å². The molecule has 0 amide bonds. The number of pyridine rings is 1. The standard InChI is InChI=1S/C28H27FN6O2S/c29-18-3-1-2-15(8-18)16-9-22(27(38-32)24(30)10-16)25-11-21-23(13-33-28(31)26(21)37-25)17-12-34-35(14-17)19-4-6-20(36)7-5-19/h1-3,8-14,19-20,36H,4-7,30,32H2,(H2,31,33). The molecule has 6 rings (SSSR count). The van der Waals surface area contributed by atoms with Gasteiger partial charge in [0.2, 0.25) is 0 Å². The van der Waals surface area contributed by atoms with Crippen LogP contribution in [0.15, 0.2) is 70.4 Å². The molecule has 8 nitrogen and oxygen atoms in total. The fraction of sp³-hybridized carbons (Fsp3) is 0.214. The van der Waals surface area contributed by atoms with E-state index in [2.05, 4.69) is 10.1 Å². The fourth-order valence-electron chi connectivity index (χ4n) is 5.21. The van der Waals surface area contributed by atoms with Gasteiger partial charge in [0.05, 0.1) is 23.2 Å². The third-order valence-corrected chi connectivity index (χ3v) is 7.89. The van der Waals surface area contributed by atoms with Crippen molar-refractivity contribution in [1.29, 1.82) is 0 Å². The van der Waals surface area contributed by atoms with Gasteiger partial charge in [0.15, 0.2) is 11.4 Å². The van der Waals surface area contributed by atoms with E-state index >= 15 is 0 Å². The summed E-state index contributed by atoms with van der Waals surface area (Å²) >= 11 is 1.02. The lowest BCUT2D eigenvalue weighted by Gasteiger charge is -2.25. The first-order chi connectivity index (χ1) is 18.4. The average Bonchev–Trinajstić information content (AvgIpc) is 3.58. The van der Waals surface area contributed by atoms with Crippen molar-refractivity contribution in [3.63, 3.8) is 0 Å². The van der Waals surface area contributed by atoms with Crippen molar-refractivity contribution in [2.75, 3.05) is 11.5 Å². The number of aliphatic hydroxyl groups is 1. The Morgan fingerprint density at radius 1 is 0.974 bits per heavy atom. The number of halogens is 1. The molecule has 3 heterocycles. The molecule has 2 aromatic carbocycles. The minimum absolute atomic E-state index is 0.225. The molecule has 0 saturated heterocycles. The third kappa shape index (κ3) is 4.40. The summed E-state index contributed by atoms with van der Waals surface area (Å²) in [5, 5.41) is 21.2. The average molecular weight is 531 g/mol. The molecule has 1 aliphatic rings. The summed E-state index contributed by atoms with van der Waals surface area (Å²) in [5.41, 5.74) is 17.3. The number of benzene rings is 2. The number of hydrogen-bond acceptors (Lipinski definition) is 8. The highest BCUT2D eigenvalue weighted by molar-refractivity contribution is 7.97. The van der Waals surface area contributed by atoms with Crippen LogP contribution in [-0.2, 0) is 0 Å². The van der Waals surface area contributed by atoms with Crippen LogP contribution in [0.5, 0.6) is 0 Å². The Kier molecular flexibility index (Phi) is 6.30. The Labute approximate surface area is 222 Å². The lowest BCUT2D eigenvalue weighted by molar-refractivity contribution is 0.108. The predicted octanol–water partition coefficient (Wildman–Crippen LogP) is 5.77. The number of rotatable bonds is 5. The number of nitrogens with zero attached hydrogens (tertiary/aromatic N) is 3. The van der Waals surface area contributed by atoms with Crippen molar-refractivity contribution < 1.29 is 13.9 Å². The molecule has 0 spiro atoms. The van der Waals surface area contributed by atoms with Crippen molar-refractivity contribution in [2.45, 2.75) is 42.7 Å². The summed E-state index contributed by atoms with van der Waals surface area (Å²) in [6.45, 7) is 0. The second-order valence-electron chi connectivity index (χ2n) is 9.65. The van der Waals surface area contributed by atoms with E-state index in [1.807, 2.05) is 35.3 Å². The van der Waals surface area contributed by atoms with Crippen LogP contribution < -0.4 is 16.6 Å². The molecule has 1 saturated carbocycles. The van der Waals surface area contributed by atoms with Gasteiger partial charge in [0, 0.05) is 40.2 Å². The van der Waals surface area contributed by atoms with Crippen LogP contribution in [0.3, 0.4) is 0 Å². The van der Waals surface area contributed by atoms with E-state index in [1.165, 1.54) is 12.1 Å². The first kappa shape index (κ1) is 24.5. The van der Waals surface area contributed by atoms with Gasteiger partial charge in [-0.25, -0.2) is 9.37 Å². The van der Waals surface area contributed by atoms with E-state index < -0.39 is 0 Å². The van der Waals surface area contributed by atoms with Gasteiger partial charge in [-0.2, -0.15) is 5.10 Å². The normalized spacial score (nSPS) is 17.8. The number of fused-ring (bicyclic) bond motifs is 1. The van der Waals surface area contributed by atoms with Crippen molar-refractivity contribution in [1.82, 2.24) is 14.8 Å². The molecule has 194 valence electrons. The fourth-order valence-corrected chi connectivity index (χ4v) is 5.69. The lowest BCUT2D eigenvalue weighted by atomic mass is 9.93. The van der Waals surface area contributed by atoms with Crippen molar-refractivity contribution in [3.05, 3.63) is 66.9 Å². The second kappa shape index (κ2) is 9.79. The quantitative estimate of drug-likeness (QED) is 0.166. The van der Waals surface area contributed by atoms with E-state index in [0.29, 0.717) is 33.1 Å². The molecule has 7 N–H and O–H groups in total. The number of aromatic nitrogens is 3. The highest BCUT2D eigenvalue weighted by atomic mass is 32.2. The number of anilines is 2. The SMILES string of the molecule is NSc1c(N)cc(-c2cccc(F)c2)cc1-c1cc2c(-c3cnn(C4CCC(O)CC4)c3)cnc(N)c2o1. The number of furan rings is 1. The molecule has 38 heavy (non-hydrogen) atoms. The van der Waals surface area contributed by atoms with Gasteiger partial charge in [-0.05, 0) is 79.1 Å². The molecule has 3 aromatic heterocycles. The zero-order valence-corrected chi connectivity index (χ0v) is 21.3. The monoisotopic (exact) mass is 530 g/mol. The third-order valence-electron chi connectivity index (χ3n) is 7.20. The van der Waals surface area contributed by atoms with E-state index in [4.69, 9.17) is 21.0 Å². The minimum atomic E-state index is -0.336. The molecular weight excluding hydrogens is 503 g/mol. The Hall–Kier alpha value is -3.86. The van der Waals surface area contributed by atoms with Gasteiger partial charge in [0.25, 0.3) is 0 Å².